The SMILES string of the molecule is CC(=O)/C=C(\C)NCCNCCN.S=C=S. The zero-order chi connectivity index (χ0) is 12.8. The van der Waals surface area contributed by atoms with E-state index in [4.69, 9.17) is 5.73 Å². The molecule has 0 fully saturated rings. The van der Waals surface area contributed by atoms with E-state index in [2.05, 4.69) is 35.1 Å². The molecule has 6 heteroatoms. The van der Waals surface area contributed by atoms with Gasteiger partial charge in [0.2, 0.25) is 0 Å². The van der Waals surface area contributed by atoms with Gasteiger partial charge in [-0.3, -0.25) is 4.79 Å². The molecule has 0 heterocycles. The van der Waals surface area contributed by atoms with Crippen molar-refractivity contribution < 1.29 is 4.79 Å². The summed E-state index contributed by atoms with van der Waals surface area (Å²) in [4.78, 5) is 10.6. The molecule has 0 aromatic rings. The summed E-state index contributed by atoms with van der Waals surface area (Å²) in [6.45, 7) is 6.58. The predicted molar refractivity (Wildman–Crippen MR) is 74.6 cm³/mol. The second kappa shape index (κ2) is 14.3. The Balaban J connectivity index is 0. The number of nitrogens with one attached hydrogen (secondary N) is 2. The maximum absolute atomic E-state index is 10.6. The third-order valence-corrected chi connectivity index (χ3v) is 1.45. The fourth-order valence-electron chi connectivity index (χ4n) is 0.931. The van der Waals surface area contributed by atoms with Crippen LogP contribution in [0.5, 0.6) is 0 Å². The van der Waals surface area contributed by atoms with E-state index in [0.29, 0.717) is 6.54 Å². The van der Waals surface area contributed by atoms with E-state index in [0.717, 1.165) is 25.3 Å². The van der Waals surface area contributed by atoms with Crippen LogP contribution in [0.1, 0.15) is 13.8 Å². The molecule has 0 saturated heterocycles. The predicted octanol–water partition coefficient (Wildman–Crippen LogP) is 0.635. The summed E-state index contributed by atoms with van der Waals surface area (Å²) in [7, 11) is 0. The number of thiocarbonyl (C=S) groups is 2. The van der Waals surface area contributed by atoms with E-state index in [1.54, 1.807) is 6.08 Å². The number of carbonyl (C=O) groups is 1. The first kappa shape index (κ1) is 17.7. The quantitative estimate of drug-likeness (QED) is 0.355. The van der Waals surface area contributed by atoms with Crippen LogP contribution >= 0.6 is 24.4 Å². The normalized spacial score (nSPS) is 9.81. The van der Waals surface area contributed by atoms with Gasteiger partial charge in [-0.1, -0.05) is 0 Å². The minimum atomic E-state index is 0.0694. The van der Waals surface area contributed by atoms with Crippen molar-refractivity contribution in [3.8, 4) is 0 Å². The highest BCUT2D eigenvalue weighted by Crippen LogP contribution is 1.85. The van der Waals surface area contributed by atoms with E-state index in [1.165, 1.54) is 6.92 Å². The molecule has 0 amide bonds. The third-order valence-electron chi connectivity index (χ3n) is 1.45. The second-order valence-electron chi connectivity index (χ2n) is 2.99. The summed E-state index contributed by atoms with van der Waals surface area (Å²) in [5.74, 6) is 0.0694. The summed E-state index contributed by atoms with van der Waals surface area (Å²) >= 11 is 7.92. The average molecular weight is 261 g/mol. The molecule has 0 aromatic heterocycles. The largest absolute Gasteiger partial charge is 0.387 e. The maximum atomic E-state index is 10.6. The first-order valence-electron chi connectivity index (χ1n) is 4.91. The first-order valence-corrected chi connectivity index (χ1v) is 5.73. The molecule has 0 aliphatic carbocycles. The van der Waals surface area contributed by atoms with E-state index in [9.17, 15) is 4.79 Å². The molecule has 0 saturated carbocycles. The highest BCUT2D eigenvalue weighted by atomic mass is 32.1. The van der Waals surface area contributed by atoms with Crippen LogP contribution in [0.15, 0.2) is 11.8 Å². The second-order valence-corrected chi connectivity index (χ2v) is 3.65. The lowest BCUT2D eigenvalue weighted by atomic mass is 10.3. The minimum absolute atomic E-state index is 0.0694. The van der Waals surface area contributed by atoms with Gasteiger partial charge in [-0.05, 0) is 44.4 Å². The van der Waals surface area contributed by atoms with Gasteiger partial charge in [0.25, 0.3) is 0 Å². The van der Waals surface area contributed by atoms with Crippen molar-refractivity contribution in [2.24, 2.45) is 5.73 Å². The molecule has 0 rings (SSSR count). The van der Waals surface area contributed by atoms with Gasteiger partial charge in [-0.25, -0.2) is 0 Å². The van der Waals surface area contributed by atoms with Crippen LogP contribution in [0.2, 0.25) is 0 Å². The molecular formula is C10H19N3OS2. The van der Waals surface area contributed by atoms with Gasteiger partial charge in [0.05, 0.1) is 0 Å². The van der Waals surface area contributed by atoms with E-state index >= 15 is 0 Å². The summed E-state index contributed by atoms with van der Waals surface area (Å²) in [5, 5.41) is 6.25. The molecule has 0 aliphatic rings. The van der Waals surface area contributed by atoms with E-state index < -0.39 is 0 Å². The summed E-state index contributed by atoms with van der Waals surface area (Å²) in [6, 6.07) is 0. The highest BCUT2D eigenvalue weighted by molar-refractivity contribution is 7.93. The fourth-order valence-corrected chi connectivity index (χ4v) is 0.931. The van der Waals surface area contributed by atoms with Crippen LogP contribution in [0.4, 0.5) is 0 Å². The standard InChI is InChI=1S/C9H19N3O.CS2/c1-8(7-9(2)13)12-6-5-11-4-3-10;2-1-3/h7,11-12H,3-6,10H2,1-2H3;/b8-7+;. The van der Waals surface area contributed by atoms with Crippen molar-refractivity contribution in [3.05, 3.63) is 11.8 Å². The Morgan fingerprint density at radius 2 is 1.88 bits per heavy atom. The van der Waals surface area contributed by atoms with Crippen molar-refractivity contribution >= 4 is 34.5 Å². The lowest BCUT2D eigenvalue weighted by Crippen LogP contribution is -2.30. The number of allylic oxidation sites excluding steroid dienone is 2. The average Bonchev–Trinajstić information content (AvgIpc) is 2.17. The lowest BCUT2D eigenvalue weighted by molar-refractivity contribution is -0.112. The molecule has 4 N–H and O–H groups in total. The van der Waals surface area contributed by atoms with Gasteiger partial charge < -0.3 is 16.4 Å². The molecule has 0 bridgehead atoms. The summed E-state index contributed by atoms with van der Waals surface area (Å²) < 4.78 is 1.92. The van der Waals surface area contributed by atoms with Crippen LogP contribution in [-0.4, -0.2) is 36.3 Å². The monoisotopic (exact) mass is 261 g/mol. The fraction of sp³-hybridized carbons (Fsp3) is 0.600. The molecular weight excluding hydrogens is 242 g/mol. The molecule has 0 radical (unpaired) electrons. The molecule has 0 aliphatic heterocycles. The number of carbonyl (C=O) groups excluding carboxylic acids is 1. The third kappa shape index (κ3) is 19.0. The van der Waals surface area contributed by atoms with Crippen molar-refractivity contribution in [2.45, 2.75) is 13.8 Å². The smallest absolute Gasteiger partial charge is 0.154 e. The van der Waals surface area contributed by atoms with Crippen LogP contribution in [0.3, 0.4) is 0 Å². The molecule has 16 heavy (non-hydrogen) atoms. The molecule has 0 aromatic carbocycles. The number of ketones is 1. The van der Waals surface area contributed by atoms with E-state index in [1.807, 2.05) is 11.2 Å². The van der Waals surface area contributed by atoms with Gasteiger partial charge in [-0.2, -0.15) is 0 Å². The highest BCUT2D eigenvalue weighted by Gasteiger charge is 1.90. The minimum Gasteiger partial charge on any atom is -0.387 e. The Hall–Kier alpha value is -0.650. The molecule has 92 valence electrons. The number of rotatable bonds is 7. The molecule has 0 spiro atoms. The van der Waals surface area contributed by atoms with Crippen LogP contribution in [-0.2, 0) is 4.79 Å². The summed E-state index contributed by atoms with van der Waals surface area (Å²) in [5.41, 5.74) is 6.20. The number of nitrogens with two attached hydrogens (primary N) is 1. The first-order chi connectivity index (χ1) is 7.58. The van der Waals surface area contributed by atoms with Crippen molar-refractivity contribution in [3.63, 3.8) is 0 Å². The Labute approximate surface area is 108 Å². The van der Waals surface area contributed by atoms with Gasteiger partial charge in [0.1, 0.15) is 0 Å². The zero-order valence-electron chi connectivity index (χ0n) is 9.71. The number of hydrogen-bond donors (Lipinski definition) is 3. The van der Waals surface area contributed by atoms with Crippen molar-refractivity contribution in [2.75, 3.05) is 26.2 Å². The number of hydrogen-bond acceptors (Lipinski definition) is 6. The van der Waals surface area contributed by atoms with Crippen LogP contribution < -0.4 is 16.4 Å². The molecule has 0 atom stereocenters. The van der Waals surface area contributed by atoms with E-state index in [-0.39, 0.29) is 5.78 Å². The summed E-state index contributed by atoms with van der Waals surface area (Å²) in [6.07, 6.45) is 1.59. The van der Waals surface area contributed by atoms with Crippen LogP contribution in [0.25, 0.3) is 0 Å². The van der Waals surface area contributed by atoms with Crippen LogP contribution in [0, 0.1) is 0 Å². The molecule has 4 nitrogen and oxygen atoms in total. The van der Waals surface area contributed by atoms with Crippen molar-refractivity contribution in [1.82, 2.24) is 10.6 Å². The topological polar surface area (TPSA) is 67.2 Å². The van der Waals surface area contributed by atoms with Crippen molar-refractivity contribution in [1.29, 1.82) is 0 Å². The lowest BCUT2D eigenvalue weighted by Gasteiger charge is -2.06. The Morgan fingerprint density at radius 1 is 1.31 bits per heavy atom. The van der Waals surface area contributed by atoms with Gasteiger partial charge >= 0.3 is 0 Å². The Morgan fingerprint density at radius 3 is 2.31 bits per heavy atom. The maximum Gasteiger partial charge on any atom is 0.154 e. The Bertz CT molecular complexity index is 248. The van der Waals surface area contributed by atoms with Gasteiger partial charge in [0.15, 0.2) is 5.78 Å². The van der Waals surface area contributed by atoms with Gasteiger partial charge in [-0.15, -0.1) is 0 Å². The Kier molecular flexibility index (Phi) is 15.9. The molecule has 0 unspecified atom stereocenters. The van der Waals surface area contributed by atoms with Gasteiger partial charge in [0, 0.05) is 36.2 Å². The zero-order valence-corrected chi connectivity index (χ0v) is 11.3.